The molecule has 2 fully saturated rings. The van der Waals surface area contributed by atoms with E-state index < -0.39 is 0 Å². The average molecular weight is 221 g/mol. The smallest absolute Gasteiger partial charge is 0.0434 e. The molecule has 2 aliphatic rings. The van der Waals surface area contributed by atoms with Gasteiger partial charge in [-0.3, -0.25) is 6.42 Å². The fourth-order valence-corrected chi connectivity index (χ4v) is 1.75. The Morgan fingerprint density at radius 1 is 0.917 bits per heavy atom. The maximum atomic E-state index is 5.48. The molecule has 2 saturated heterocycles. The minimum atomic E-state index is 0. The van der Waals surface area contributed by atoms with Gasteiger partial charge in [-0.15, -0.1) is 0 Å². The summed E-state index contributed by atoms with van der Waals surface area (Å²) in [6, 6.07) is 0. The maximum absolute atomic E-state index is 5.48. The van der Waals surface area contributed by atoms with Crippen LogP contribution in [0.1, 0.15) is 25.7 Å². The van der Waals surface area contributed by atoms with Gasteiger partial charge in [0.25, 0.3) is 0 Å². The molecule has 0 aromatic rings. The third-order valence-corrected chi connectivity index (χ3v) is 2.36. The molecule has 0 radical (unpaired) electrons. The van der Waals surface area contributed by atoms with Crippen LogP contribution >= 0.6 is 0 Å². The summed E-state index contributed by atoms with van der Waals surface area (Å²) in [6.07, 6.45) is 7.83. The van der Waals surface area contributed by atoms with Gasteiger partial charge in [0.1, 0.15) is 0 Å². The van der Waals surface area contributed by atoms with Gasteiger partial charge in [-0.2, -0.15) is 0 Å². The fraction of sp³-hybridized carbons (Fsp3) is 0.889. The Balaban J connectivity index is 0.000000720. The van der Waals surface area contributed by atoms with Gasteiger partial charge in [0, 0.05) is 32.7 Å². The molecule has 2 nitrogen and oxygen atoms in total. The summed E-state index contributed by atoms with van der Waals surface area (Å²) in [4.78, 5) is 0. The zero-order valence-corrected chi connectivity index (χ0v) is 10.5. The molecule has 0 spiro atoms. The normalized spacial score (nSPS) is 35.0. The van der Waals surface area contributed by atoms with Crippen molar-refractivity contribution in [3.05, 3.63) is 6.42 Å². The molecule has 0 amide bonds. The van der Waals surface area contributed by atoms with Crippen LogP contribution in [-0.4, -0.2) is 25.4 Å². The van der Waals surface area contributed by atoms with E-state index in [4.69, 9.17) is 9.47 Å². The van der Waals surface area contributed by atoms with Crippen molar-refractivity contribution in [2.24, 2.45) is 0 Å². The van der Waals surface area contributed by atoms with Gasteiger partial charge in [-0.1, -0.05) is 25.0 Å². The first-order valence-electron chi connectivity index (χ1n) is 4.53. The van der Waals surface area contributed by atoms with Crippen LogP contribution < -0.4 is 0 Å². The van der Waals surface area contributed by atoms with Crippen LogP contribution in [0.25, 0.3) is 0 Å². The van der Waals surface area contributed by atoms with Crippen molar-refractivity contribution in [3.63, 3.8) is 0 Å². The molecule has 2 unspecified atom stereocenters. The van der Waals surface area contributed by atoms with Crippen LogP contribution in [0.4, 0.5) is 0 Å². The molecule has 3 heteroatoms. The Morgan fingerprint density at radius 2 is 1.42 bits per heavy atom. The van der Waals surface area contributed by atoms with Crippen molar-refractivity contribution in [2.75, 3.05) is 13.2 Å². The van der Waals surface area contributed by atoms with Crippen LogP contribution in [0.15, 0.2) is 0 Å². The number of ether oxygens (including phenoxy) is 2. The van der Waals surface area contributed by atoms with Crippen molar-refractivity contribution in [3.8, 4) is 0 Å². The zero-order valence-electron chi connectivity index (χ0n) is 7.50. The summed E-state index contributed by atoms with van der Waals surface area (Å²) in [5, 5.41) is 0. The van der Waals surface area contributed by atoms with E-state index in [2.05, 4.69) is 6.42 Å². The molecule has 66 valence electrons. The minimum Gasteiger partial charge on any atom is -0.410 e. The topological polar surface area (TPSA) is 18.5 Å². The van der Waals surface area contributed by atoms with Crippen LogP contribution in [0.5, 0.6) is 0 Å². The summed E-state index contributed by atoms with van der Waals surface area (Å²) in [5.41, 5.74) is 0. The molecule has 0 N–H and O–H groups in total. The molecule has 0 aliphatic carbocycles. The van der Waals surface area contributed by atoms with E-state index in [1.165, 1.54) is 25.7 Å². The molecule has 12 heavy (non-hydrogen) atoms. The van der Waals surface area contributed by atoms with Crippen molar-refractivity contribution >= 4 is 0 Å². The van der Waals surface area contributed by atoms with E-state index in [-0.39, 0.29) is 19.5 Å². The zero-order chi connectivity index (χ0) is 7.52. The first-order valence-corrected chi connectivity index (χ1v) is 4.53. The first kappa shape index (κ1) is 10.6. The Kier molecular flexibility index (Phi) is 4.70. The Morgan fingerprint density at radius 3 is 1.75 bits per heavy atom. The number of hydrogen-bond acceptors (Lipinski definition) is 2. The average Bonchev–Trinajstić information content (AvgIpc) is 2.60. The van der Waals surface area contributed by atoms with Crippen molar-refractivity contribution in [2.45, 2.75) is 37.9 Å². The van der Waals surface area contributed by atoms with Gasteiger partial charge in [0.2, 0.25) is 0 Å². The summed E-state index contributed by atoms with van der Waals surface area (Å²) in [7, 11) is 0. The number of rotatable bonds is 2. The van der Waals surface area contributed by atoms with Crippen molar-refractivity contribution in [1.29, 1.82) is 0 Å². The van der Waals surface area contributed by atoms with Gasteiger partial charge < -0.3 is 9.47 Å². The van der Waals surface area contributed by atoms with E-state index in [0.29, 0.717) is 12.2 Å². The van der Waals surface area contributed by atoms with E-state index in [0.717, 1.165) is 13.2 Å². The Labute approximate surface area is 86.8 Å². The molecular weight excluding hydrogens is 205 g/mol. The molecule has 2 rings (SSSR count). The van der Waals surface area contributed by atoms with Crippen molar-refractivity contribution < 1.29 is 29.0 Å². The first-order chi connectivity index (χ1) is 5.45. The number of hydrogen-bond donors (Lipinski definition) is 0. The quantitative estimate of drug-likeness (QED) is 0.519. The van der Waals surface area contributed by atoms with Gasteiger partial charge in [-0.05, 0) is 12.8 Å². The van der Waals surface area contributed by atoms with Gasteiger partial charge >= 0.3 is 0 Å². The van der Waals surface area contributed by atoms with E-state index in [9.17, 15) is 0 Å². The van der Waals surface area contributed by atoms with Crippen molar-refractivity contribution in [1.82, 2.24) is 0 Å². The second kappa shape index (κ2) is 5.31. The van der Waals surface area contributed by atoms with E-state index in [1.54, 1.807) is 0 Å². The predicted octanol–water partition coefficient (Wildman–Crippen LogP) is 1.55. The Bertz CT molecular complexity index is 104. The maximum Gasteiger partial charge on any atom is 0.0434 e. The molecule has 0 saturated carbocycles. The predicted molar refractivity (Wildman–Crippen MR) is 42.2 cm³/mol. The van der Waals surface area contributed by atoms with Crippen LogP contribution in [0.3, 0.4) is 0 Å². The van der Waals surface area contributed by atoms with Crippen LogP contribution in [-0.2, 0) is 29.0 Å². The molecule has 2 atom stereocenters. The summed E-state index contributed by atoms with van der Waals surface area (Å²) in [6.45, 7) is 1.88. The van der Waals surface area contributed by atoms with Crippen LogP contribution in [0, 0.1) is 6.42 Å². The van der Waals surface area contributed by atoms with E-state index >= 15 is 0 Å². The van der Waals surface area contributed by atoms with Crippen LogP contribution in [0.2, 0.25) is 0 Å². The van der Waals surface area contributed by atoms with Gasteiger partial charge in [0.15, 0.2) is 0 Å². The second-order valence-electron chi connectivity index (χ2n) is 3.30. The standard InChI is InChI=1S/C9H15O2.Zn/c1-3-8(10-5-1)7-9-4-2-6-11-9;/h7-9H,1-6H2;/q-1;. The summed E-state index contributed by atoms with van der Waals surface area (Å²) < 4.78 is 11.0. The van der Waals surface area contributed by atoms with E-state index in [1.807, 2.05) is 0 Å². The molecular formula is C9H15O2Zn-. The third-order valence-electron chi connectivity index (χ3n) is 2.36. The molecule has 0 aromatic heterocycles. The minimum absolute atomic E-state index is 0. The fourth-order valence-electron chi connectivity index (χ4n) is 1.75. The molecule has 0 aromatic carbocycles. The molecule has 2 heterocycles. The SMILES string of the molecule is [CH-](C1CCCO1)C1CCCO1.[Zn]. The third kappa shape index (κ3) is 2.79. The summed E-state index contributed by atoms with van der Waals surface area (Å²) in [5.74, 6) is 0. The van der Waals surface area contributed by atoms with Gasteiger partial charge in [0.05, 0.1) is 0 Å². The molecule has 0 bridgehead atoms. The summed E-state index contributed by atoms with van der Waals surface area (Å²) >= 11 is 0. The largest absolute Gasteiger partial charge is 0.410 e. The second-order valence-corrected chi connectivity index (χ2v) is 3.30. The Hall–Kier alpha value is 0.543. The monoisotopic (exact) mass is 219 g/mol. The van der Waals surface area contributed by atoms with Gasteiger partial charge in [-0.25, -0.2) is 0 Å². The molecule has 2 aliphatic heterocycles.